The van der Waals surface area contributed by atoms with Crippen LogP contribution in [0.2, 0.25) is 5.02 Å². The summed E-state index contributed by atoms with van der Waals surface area (Å²) in [6.45, 7) is 2.09. The second-order valence-electron chi connectivity index (χ2n) is 4.70. The molecule has 0 heterocycles. The van der Waals surface area contributed by atoms with Crippen molar-refractivity contribution in [2.75, 3.05) is 0 Å². The average Bonchev–Trinajstić information content (AvgIpc) is 2.23. The van der Waals surface area contributed by atoms with E-state index in [9.17, 15) is 0 Å². The summed E-state index contributed by atoms with van der Waals surface area (Å²) in [5.41, 5.74) is 8.67. The van der Waals surface area contributed by atoms with Crippen LogP contribution in [0.1, 0.15) is 43.2 Å². The molecule has 2 N–H and O–H groups in total. The van der Waals surface area contributed by atoms with E-state index >= 15 is 0 Å². The van der Waals surface area contributed by atoms with E-state index in [1.54, 1.807) is 0 Å². The number of benzene rings is 1. The van der Waals surface area contributed by atoms with Crippen LogP contribution >= 0.6 is 11.6 Å². The molecular formula is C13H18ClN. The number of nitrogens with two attached hydrogens (primary N) is 1. The topological polar surface area (TPSA) is 26.0 Å². The predicted octanol–water partition coefficient (Wildman–Crippen LogP) is 3.77. The van der Waals surface area contributed by atoms with Crippen molar-refractivity contribution in [2.45, 2.75) is 44.6 Å². The van der Waals surface area contributed by atoms with Gasteiger partial charge in [-0.05, 0) is 31.4 Å². The second-order valence-corrected chi connectivity index (χ2v) is 5.11. The predicted molar refractivity (Wildman–Crippen MR) is 65.1 cm³/mol. The molecule has 0 amide bonds. The molecule has 1 fully saturated rings. The third-order valence-electron chi connectivity index (χ3n) is 3.40. The highest BCUT2D eigenvalue weighted by molar-refractivity contribution is 6.31. The van der Waals surface area contributed by atoms with E-state index in [1.807, 2.05) is 12.1 Å². The fourth-order valence-electron chi connectivity index (χ4n) is 2.47. The van der Waals surface area contributed by atoms with E-state index in [0.29, 0.717) is 0 Å². The molecule has 1 aromatic carbocycles. The Morgan fingerprint density at radius 2 is 1.87 bits per heavy atom. The lowest BCUT2D eigenvalue weighted by Gasteiger charge is -2.34. The minimum Gasteiger partial charge on any atom is -0.321 e. The highest BCUT2D eigenvalue weighted by Gasteiger charge is 2.31. The number of hydrogen-bond acceptors (Lipinski definition) is 1. The molecule has 15 heavy (non-hydrogen) atoms. The smallest absolute Gasteiger partial charge is 0.0456 e. The molecule has 1 aliphatic carbocycles. The summed E-state index contributed by atoms with van der Waals surface area (Å²) in [6.07, 6.45) is 5.89. The van der Waals surface area contributed by atoms with E-state index in [0.717, 1.165) is 23.4 Å². The van der Waals surface area contributed by atoms with Gasteiger partial charge in [-0.3, -0.25) is 0 Å². The van der Waals surface area contributed by atoms with Crippen LogP contribution in [0.3, 0.4) is 0 Å². The molecule has 1 aliphatic rings. The van der Waals surface area contributed by atoms with Gasteiger partial charge in [0.25, 0.3) is 0 Å². The van der Waals surface area contributed by atoms with Crippen LogP contribution in [0.5, 0.6) is 0 Å². The Hall–Kier alpha value is -0.530. The first-order valence-corrected chi connectivity index (χ1v) is 6.05. The molecule has 0 aromatic heterocycles. The molecule has 0 spiro atoms. The first-order valence-electron chi connectivity index (χ1n) is 5.67. The third kappa shape index (κ3) is 2.19. The molecule has 0 atom stereocenters. The Morgan fingerprint density at radius 1 is 1.20 bits per heavy atom. The zero-order valence-corrected chi connectivity index (χ0v) is 9.98. The molecular weight excluding hydrogens is 206 g/mol. The lowest BCUT2D eigenvalue weighted by Crippen LogP contribution is -2.38. The summed E-state index contributed by atoms with van der Waals surface area (Å²) in [5.74, 6) is 0. The fourth-order valence-corrected chi connectivity index (χ4v) is 2.78. The minimum absolute atomic E-state index is 0.179. The quantitative estimate of drug-likeness (QED) is 0.771. The SMILES string of the molecule is Cc1ccc(Cl)c(C2(N)CCCCC2)c1. The van der Waals surface area contributed by atoms with Gasteiger partial charge in [-0.25, -0.2) is 0 Å². The average molecular weight is 224 g/mol. The zero-order valence-electron chi connectivity index (χ0n) is 9.22. The largest absolute Gasteiger partial charge is 0.321 e. The molecule has 2 heteroatoms. The highest BCUT2D eigenvalue weighted by atomic mass is 35.5. The Bertz CT molecular complexity index is 354. The van der Waals surface area contributed by atoms with E-state index in [4.69, 9.17) is 17.3 Å². The van der Waals surface area contributed by atoms with Crippen LogP contribution in [-0.2, 0) is 5.54 Å². The molecule has 0 saturated heterocycles. The molecule has 0 bridgehead atoms. The van der Waals surface area contributed by atoms with Crippen molar-refractivity contribution in [1.29, 1.82) is 0 Å². The van der Waals surface area contributed by atoms with Gasteiger partial charge in [0, 0.05) is 10.6 Å². The van der Waals surface area contributed by atoms with E-state index in [1.165, 1.54) is 24.8 Å². The molecule has 1 aromatic rings. The molecule has 82 valence electrons. The second kappa shape index (κ2) is 4.15. The monoisotopic (exact) mass is 223 g/mol. The molecule has 0 unspecified atom stereocenters. The van der Waals surface area contributed by atoms with Gasteiger partial charge < -0.3 is 5.73 Å². The minimum atomic E-state index is -0.179. The van der Waals surface area contributed by atoms with E-state index in [-0.39, 0.29) is 5.54 Å². The van der Waals surface area contributed by atoms with Crippen molar-refractivity contribution in [3.63, 3.8) is 0 Å². The maximum atomic E-state index is 6.47. The number of aryl methyl sites for hydroxylation is 1. The summed E-state index contributed by atoms with van der Waals surface area (Å²) in [6, 6.07) is 6.15. The molecule has 1 saturated carbocycles. The summed E-state index contributed by atoms with van der Waals surface area (Å²) in [5, 5.41) is 0.824. The van der Waals surface area contributed by atoms with E-state index < -0.39 is 0 Å². The van der Waals surface area contributed by atoms with Gasteiger partial charge in [-0.15, -0.1) is 0 Å². The first-order chi connectivity index (χ1) is 7.12. The van der Waals surface area contributed by atoms with Crippen molar-refractivity contribution in [3.05, 3.63) is 34.3 Å². The fraction of sp³-hybridized carbons (Fsp3) is 0.538. The molecule has 0 aliphatic heterocycles. The summed E-state index contributed by atoms with van der Waals surface area (Å²) < 4.78 is 0. The highest BCUT2D eigenvalue weighted by Crippen LogP contribution is 2.38. The Kier molecular flexibility index (Phi) is 3.03. The van der Waals surface area contributed by atoms with E-state index in [2.05, 4.69) is 13.0 Å². The summed E-state index contributed by atoms with van der Waals surface area (Å²) in [4.78, 5) is 0. The lowest BCUT2D eigenvalue weighted by molar-refractivity contribution is 0.302. The van der Waals surface area contributed by atoms with Gasteiger partial charge in [0.05, 0.1) is 0 Å². The van der Waals surface area contributed by atoms with Crippen molar-refractivity contribution in [2.24, 2.45) is 5.73 Å². The Labute approximate surface area is 96.6 Å². The van der Waals surface area contributed by atoms with Crippen molar-refractivity contribution in [3.8, 4) is 0 Å². The van der Waals surface area contributed by atoms with Crippen molar-refractivity contribution < 1.29 is 0 Å². The summed E-state index contributed by atoms with van der Waals surface area (Å²) >= 11 is 6.24. The van der Waals surface area contributed by atoms with Crippen LogP contribution < -0.4 is 5.73 Å². The Balaban J connectivity index is 2.38. The van der Waals surface area contributed by atoms with Gasteiger partial charge in [0.15, 0.2) is 0 Å². The molecule has 0 radical (unpaired) electrons. The number of hydrogen-bond donors (Lipinski definition) is 1. The van der Waals surface area contributed by atoms with Gasteiger partial charge >= 0.3 is 0 Å². The van der Waals surface area contributed by atoms with Crippen molar-refractivity contribution >= 4 is 11.6 Å². The number of rotatable bonds is 1. The zero-order chi connectivity index (χ0) is 10.9. The van der Waals surface area contributed by atoms with Gasteiger partial charge in [-0.2, -0.15) is 0 Å². The Morgan fingerprint density at radius 3 is 2.53 bits per heavy atom. The van der Waals surface area contributed by atoms with Crippen LogP contribution in [0.15, 0.2) is 18.2 Å². The molecule has 2 rings (SSSR count). The third-order valence-corrected chi connectivity index (χ3v) is 3.73. The van der Waals surface area contributed by atoms with Gasteiger partial charge in [0.2, 0.25) is 0 Å². The van der Waals surface area contributed by atoms with Crippen LogP contribution in [0.25, 0.3) is 0 Å². The number of halogens is 1. The molecule has 1 nitrogen and oxygen atoms in total. The van der Waals surface area contributed by atoms with Gasteiger partial charge in [-0.1, -0.05) is 48.6 Å². The van der Waals surface area contributed by atoms with Crippen molar-refractivity contribution in [1.82, 2.24) is 0 Å². The maximum Gasteiger partial charge on any atom is 0.0456 e. The standard InChI is InChI=1S/C13H18ClN/c1-10-5-6-12(14)11(9-10)13(15)7-3-2-4-8-13/h5-6,9H,2-4,7-8,15H2,1H3. The van der Waals surface area contributed by atoms with Crippen LogP contribution in [-0.4, -0.2) is 0 Å². The maximum absolute atomic E-state index is 6.47. The van der Waals surface area contributed by atoms with Gasteiger partial charge in [0.1, 0.15) is 0 Å². The first kappa shape index (κ1) is 11.0. The van der Waals surface area contributed by atoms with Crippen LogP contribution in [0.4, 0.5) is 0 Å². The van der Waals surface area contributed by atoms with Crippen LogP contribution in [0, 0.1) is 6.92 Å². The normalized spacial score (nSPS) is 20.2. The summed E-state index contributed by atoms with van der Waals surface area (Å²) in [7, 11) is 0. The lowest BCUT2D eigenvalue weighted by atomic mass is 9.77.